The molecule has 31 heavy (non-hydrogen) atoms. The second-order valence-electron chi connectivity index (χ2n) is 6.42. The molecule has 3 rings (SSSR count). The Morgan fingerprint density at radius 2 is 1.71 bits per heavy atom. The summed E-state index contributed by atoms with van der Waals surface area (Å²) in [5.41, 5.74) is 3.22. The van der Waals surface area contributed by atoms with Gasteiger partial charge in [-0.05, 0) is 54.6 Å². The van der Waals surface area contributed by atoms with Gasteiger partial charge in [0.15, 0.2) is 0 Å². The van der Waals surface area contributed by atoms with E-state index in [0.717, 1.165) is 12.3 Å². The number of primary amides is 1. The molecular weight excluding hydrogens is 415 g/mol. The molecule has 0 fully saturated rings. The molecule has 0 bridgehead atoms. The first-order valence-electron chi connectivity index (χ1n) is 8.88. The number of hydrogen-bond donors (Lipinski definition) is 2. The van der Waals surface area contributed by atoms with Crippen molar-refractivity contribution >= 4 is 17.5 Å². The number of rotatable bonds is 6. The first-order chi connectivity index (χ1) is 14.6. The van der Waals surface area contributed by atoms with Crippen molar-refractivity contribution in [1.29, 1.82) is 0 Å². The number of nitrogens with zero attached hydrogens (tertiary/aromatic N) is 1. The highest BCUT2D eigenvalue weighted by molar-refractivity contribution is 5.93. The van der Waals surface area contributed by atoms with E-state index in [1.165, 1.54) is 18.2 Å². The summed E-state index contributed by atoms with van der Waals surface area (Å²) in [5.74, 6) is -0.474. The maximum atomic E-state index is 12.8. The minimum atomic E-state index is -4.80. The molecule has 1 aromatic heterocycles. The van der Waals surface area contributed by atoms with Crippen LogP contribution in [0.15, 0.2) is 71.7 Å². The second-order valence-corrected chi connectivity index (χ2v) is 6.42. The van der Waals surface area contributed by atoms with Crippen LogP contribution in [0.1, 0.15) is 15.9 Å². The average Bonchev–Trinajstić information content (AvgIpc) is 2.70. The number of amides is 2. The normalized spacial score (nSPS) is 11.1. The number of benzene rings is 2. The van der Waals surface area contributed by atoms with Crippen LogP contribution in [0.2, 0.25) is 0 Å². The number of nitrogens with two attached hydrogens (primary N) is 1. The van der Waals surface area contributed by atoms with Crippen LogP contribution in [0.4, 0.5) is 18.9 Å². The molecule has 0 unspecified atom stereocenters. The zero-order chi connectivity index (χ0) is 22.6. The maximum absolute atomic E-state index is 12.8. The Morgan fingerprint density at radius 3 is 2.35 bits per heavy atom. The van der Waals surface area contributed by atoms with Crippen LogP contribution in [0.25, 0.3) is 0 Å². The number of alkyl halides is 3. The van der Waals surface area contributed by atoms with Crippen LogP contribution in [0, 0.1) is 0 Å². The molecule has 0 spiro atoms. The van der Waals surface area contributed by atoms with Crippen molar-refractivity contribution in [1.82, 2.24) is 4.57 Å². The summed E-state index contributed by atoms with van der Waals surface area (Å²) >= 11 is 0. The minimum absolute atomic E-state index is 0.284. The number of hydrogen-bond acceptors (Lipinski definition) is 4. The number of nitrogens with one attached hydrogen (secondary N) is 1. The van der Waals surface area contributed by atoms with Crippen LogP contribution >= 0.6 is 0 Å². The molecule has 0 aliphatic heterocycles. The topological polar surface area (TPSA) is 103 Å². The lowest BCUT2D eigenvalue weighted by Crippen LogP contribution is -2.31. The van der Waals surface area contributed by atoms with Gasteiger partial charge in [-0.15, -0.1) is 0 Å². The third-order valence-electron chi connectivity index (χ3n) is 4.13. The van der Waals surface area contributed by atoms with Gasteiger partial charge >= 0.3 is 6.18 Å². The van der Waals surface area contributed by atoms with Gasteiger partial charge in [0, 0.05) is 17.4 Å². The molecule has 3 aromatic rings. The van der Waals surface area contributed by atoms with E-state index in [0.29, 0.717) is 27.8 Å². The highest BCUT2D eigenvalue weighted by atomic mass is 19.4. The van der Waals surface area contributed by atoms with Gasteiger partial charge in [-0.25, -0.2) is 0 Å². The lowest BCUT2D eigenvalue weighted by molar-refractivity contribution is -0.139. The van der Waals surface area contributed by atoms with Gasteiger partial charge in [0.25, 0.3) is 5.56 Å². The summed E-state index contributed by atoms with van der Waals surface area (Å²) < 4.78 is 44.8. The maximum Gasteiger partial charge on any atom is 0.421 e. The Balaban J connectivity index is 1.65. The van der Waals surface area contributed by atoms with Crippen molar-refractivity contribution in [2.45, 2.75) is 12.7 Å². The molecule has 160 valence electrons. The highest BCUT2D eigenvalue weighted by Gasteiger charge is 2.34. The van der Waals surface area contributed by atoms with E-state index in [1.54, 1.807) is 30.3 Å². The highest BCUT2D eigenvalue weighted by Crippen LogP contribution is 2.26. The predicted octanol–water partition coefficient (Wildman–Crippen LogP) is 3.40. The summed E-state index contributed by atoms with van der Waals surface area (Å²) in [6.45, 7) is -0.582. The van der Waals surface area contributed by atoms with Crippen molar-refractivity contribution in [3.8, 4) is 11.5 Å². The summed E-state index contributed by atoms with van der Waals surface area (Å²) in [7, 11) is 0. The number of pyridine rings is 1. The lowest BCUT2D eigenvalue weighted by atomic mass is 10.2. The van der Waals surface area contributed by atoms with Crippen LogP contribution < -0.4 is 21.3 Å². The summed E-state index contributed by atoms with van der Waals surface area (Å²) in [6.07, 6.45) is -3.70. The summed E-state index contributed by atoms with van der Waals surface area (Å²) in [5, 5.41) is 2.49. The monoisotopic (exact) mass is 431 g/mol. The minimum Gasteiger partial charge on any atom is -0.457 e. The standard InChI is InChI=1S/C21H16F3N3O4/c22-21(23,24)17-5-2-10-27(20(17)30)12-18(28)26-14-6-8-15(9-7-14)31-16-4-1-3-13(11-16)19(25)29/h1-11H,12H2,(H2,25,29)(H,26,28). The van der Waals surface area contributed by atoms with Crippen LogP contribution in [-0.4, -0.2) is 16.4 Å². The molecule has 10 heteroatoms. The Bertz CT molecular complexity index is 1170. The Labute approximate surface area is 173 Å². The van der Waals surface area contributed by atoms with E-state index in [-0.39, 0.29) is 5.56 Å². The van der Waals surface area contributed by atoms with Gasteiger partial charge in [0.05, 0.1) is 0 Å². The van der Waals surface area contributed by atoms with E-state index < -0.39 is 35.7 Å². The number of carbonyl (C=O) groups excluding carboxylic acids is 2. The van der Waals surface area contributed by atoms with E-state index in [9.17, 15) is 27.6 Å². The molecule has 2 aromatic carbocycles. The quantitative estimate of drug-likeness (QED) is 0.624. The molecule has 0 radical (unpaired) electrons. The van der Waals surface area contributed by atoms with Gasteiger partial charge in [0.1, 0.15) is 23.6 Å². The van der Waals surface area contributed by atoms with Gasteiger partial charge in [0.2, 0.25) is 11.8 Å². The van der Waals surface area contributed by atoms with Crippen molar-refractivity contribution in [3.05, 3.63) is 88.3 Å². The fraction of sp³-hybridized carbons (Fsp3) is 0.0952. The number of ether oxygens (including phenoxy) is 1. The SMILES string of the molecule is NC(=O)c1cccc(Oc2ccc(NC(=O)Cn3cccc(C(F)(F)F)c3=O)cc2)c1. The molecule has 0 atom stereocenters. The largest absolute Gasteiger partial charge is 0.457 e. The summed E-state index contributed by atoms with van der Waals surface area (Å²) in [4.78, 5) is 35.3. The molecule has 2 amide bonds. The van der Waals surface area contributed by atoms with Crippen molar-refractivity contribution in [2.24, 2.45) is 5.73 Å². The van der Waals surface area contributed by atoms with Gasteiger partial charge in [-0.2, -0.15) is 13.2 Å². The molecule has 0 aliphatic rings. The lowest BCUT2D eigenvalue weighted by Gasteiger charge is -2.11. The zero-order valence-electron chi connectivity index (χ0n) is 15.8. The number of anilines is 1. The van der Waals surface area contributed by atoms with E-state index >= 15 is 0 Å². The van der Waals surface area contributed by atoms with E-state index in [1.807, 2.05) is 0 Å². The third-order valence-corrected chi connectivity index (χ3v) is 4.13. The second kappa shape index (κ2) is 8.74. The van der Waals surface area contributed by atoms with Gasteiger partial charge in [-0.1, -0.05) is 6.07 Å². The van der Waals surface area contributed by atoms with Crippen molar-refractivity contribution in [2.75, 3.05) is 5.32 Å². The van der Waals surface area contributed by atoms with Gasteiger partial charge in [-0.3, -0.25) is 14.4 Å². The van der Waals surface area contributed by atoms with E-state index in [2.05, 4.69) is 5.32 Å². The molecule has 7 nitrogen and oxygen atoms in total. The molecular formula is C21H16F3N3O4. The van der Waals surface area contributed by atoms with Crippen LogP contribution in [-0.2, 0) is 17.5 Å². The van der Waals surface area contributed by atoms with E-state index in [4.69, 9.17) is 10.5 Å². The zero-order valence-corrected chi connectivity index (χ0v) is 15.8. The first kappa shape index (κ1) is 21.6. The average molecular weight is 431 g/mol. The number of carbonyl (C=O) groups is 2. The predicted molar refractivity (Wildman–Crippen MR) is 106 cm³/mol. The molecule has 0 saturated carbocycles. The Morgan fingerprint density at radius 1 is 1.00 bits per heavy atom. The van der Waals surface area contributed by atoms with Crippen molar-refractivity contribution < 1.29 is 27.5 Å². The number of aromatic nitrogens is 1. The van der Waals surface area contributed by atoms with Crippen LogP contribution in [0.3, 0.4) is 0 Å². The fourth-order valence-corrected chi connectivity index (χ4v) is 2.69. The molecule has 1 heterocycles. The third kappa shape index (κ3) is 5.50. The van der Waals surface area contributed by atoms with Crippen LogP contribution in [0.5, 0.6) is 11.5 Å². The molecule has 0 aliphatic carbocycles. The number of halogens is 3. The summed E-state index contributed by atoms with van der Waals surface area (Å²) in [6, 6.07) is 14.1. The molecule has 0 saturated heterocycles. The van der Waals surface area contributed by atoms with Gasteiger partial charge < -0.3 is 20.4 Å². The smallest absolute Gasteiger partial charge is 0.421 e. The Hall–Kier alpha value is -4.08. The fourth-order valence-electron chi connectivity index (χ4n) is 2.69. The van der Waals surface area contributed by atoms with Crippen molar-refractivity contribution in [3.63, 3.8) is 0 Å². The molecule has 3 N–H and O–H groups in total. The Kier molecular flexibility index (Phi) is 6.10. The first-order valence-corrected chi connectivity index (χ1v) is 8.88.